The second-order valence-electron chi connectivity index (χ2n) is 5.26. The molecule has 1 saturated carbocycles. The van der Waals surface area contributed by atoms with Crippen molar-refractivity contribution in [3.8, 4) is 0 Å². The van der Waals surface area contributed by atoms with Crippen LogP contribution >= 0.6 is 15.9 Å². The predicted molar refractivity (Wildman–Crippen MR) is 76.2 cm³/mol. The smallest absolute Gasteiger partial charge is 0.226 e. The second-order valence-corrected chi connectivity index (χ2v) is 6.17. The summed E-state index contributed by atoms with van der Waals surface area (Å²) in [5.74, 6) is 0.164. The lowest BCUT2D eigenvalue weighted by molar-refractivity contribution is -0.129. The van der Waals surface area contributed by atoms with Crippen LogP contribution in [0.1, 0.15) is 18.4 Å². The number of nitrogens with zero attached hydrogens (tertiary/aromatic N) is 1. The van der Waals surface area contributed by atoms with E-state index in [2.05, 4.69) is 15.9 Å². The van der Waals surface area contributed by atoms with Gasteiger partial charge in [0.2, 0.25) is 5.91 Å². The van der Waals surface area contributed by atoms with Gasteiger partial charge in [-0.1, -0.05) is 28.1 Å². The Labute approximate surface area is 116 Å². The summed E-state index contributed by atoms with van der Waals surface area (Å²) in [5, 5.41) is 0. The normalized spacial score (nSPS) is 16.4. The number of hydrogen-bond donors (Lipinski definition) is 1. The van der Waals surface area contributed by atoms with E-state index in [1.165, 1.54) is 0 Å². The van der Waals surface area contributed by atoms with Crippen molar-refractivity contribution in [3.05, 3.63) is 34.3 Å². The van der Waals surface area contributed by atoms with E-state index in [-0.39, 0.29) is 11.3 Å². The van der Waals surface area contributed by atoms with Crippen LogP contribution in [0.2, 0.25) is 0 Å². The van der Waals surface area contributed by atoms with E-state index in [9.17, 15) is 4.79 Å². The Hall–Kier alpha value is -0.870. The molecule has 0 heterocycles. The average Bonchev–Trinajstić information content (AvgIpc) is 3.12. The summed E-state index contributed by atoms with van der Waals surface area (Å²) in [7, 11) is 1.87. The first-order valence-electron chi connectivity index (χ1n) is 6.23. The molecule has 0 spiro atoms. The van der Waals surface area contributed by atoms with Crippen LogP contribution in [0.3, 0.4) is 0 Å². The molecule has 1 aliphatic carbocycles. The molecule has 2 rings (SSSR count). The monoisotopic (exact) mass is 310 g/mol. The number of hydrogen-bond acceptors (Lipinski definition) is 2. The van der Waals surface area contributed by atoms with Crippen LogP contribution in [0.25, 0.3) is 0 Å². The number of halogens is 1. The minimum atomic E-state index is 0.164. The highest BCUT2D eigenvalue weighted by atomic mass is 79.9. The van der Waals surface area contributed by atoms with E-state index in [0.717, 1.165) is 29.4 Å². The van der Waals surface area contributed by atoms with Crippen molar-refractivity contribution in [1.29, 1.82) is 0 Å². The standard InChI is InChI=1S/C14H19BrN2O/c1-17(10-14(9-16)6-7-14)13(18)8-11-2-4-12(15)5-3-11/h2-5H,6-10,16H2,1H3. The molecule has 4 heteroatoms. The third-order valence-electron chi connectivity index (χ3n) is 3.66. The fourth-order valence-electron chi connectivity index (χ4n) is 2.11. The van der Waals surface area contributed by atoms with Gasteiger partial charge in [-0.2, -0.15) is 0 Å². The van der Waals surface area contributed by atoms with Gasteiger partial charge in [0.1, 0.15) is 0 Å². The minimum Gasteiger partial charge on any atom is -0.345 e. The summed E-state index contributed by atoms with van der Waals surface area (Å²) in [6.07, 6.45) is 2.77. The highest BCUT2D eigenvalue weighted by Gasteiger charge is 2.42. The van der Waals surface area contributed by atoms with Crippen molar-refractivity contribution in [3.63, 3.8) is 0 Å². The molecule has 18 heavy (non-hydrogen) atoms. The third kappa shape index (κ3) is 3.33. The minimum absolute atomic E-state index is 0.164. The lowest BCUT2D eigenvalue weighted by Crippen LogP contribution is -2.36. The number of carbonyl (C=O) groups is 1. The molecule has 1 aromatic rings. The van der Waals surface area contributed by atoms with Crippen LogP contribution in [-0.2, 0) is 11.2 Å². The van der Waals surface area contributed by atoms with Gasteiger partial charge in [0, 0.05) is 23.5 Å². The van der Waals surface area contributed by atoms with Crippen LogP contribution in [0.4, 0.5) is 0 Å². The van der Waals surface area contributed by atoms with Gasteiger partial charge in [0.25, 0.3) is 0 Å². The van der Waals surface area contributed by atoms with Crippen LogP contribution in [-0.4, -0.2) is 30.9 Å². The first kappa shape index (κ1) is 13.6. The maximum Gasteiger partial charge on any atom is 0.226 e. The molecular formula is C14H19BrN2O. The Morgan fingerprint density at radius 1 is 1.39 bits per heavy atom. The predicted octanol–water partition coefficient (Wildman–Crippen LogP) is 2.19. The third-order valence-corrected chi connectivity index (χ3v) is 4.19. The van der Waals surface area contributed by atoms with Crippen molar-refractivity contribution >= 4 is 21.8 Å². The molecule has 2 N–H and O–H groups in total. The highest BCUT2D eigenvalue weighted by Crippen LogP contribution is 2.44. The van der Waals surface area contributed by atoms with Gasteiger partial charge in [-0.3, -0.25) is 4.79 Å². The molecule has 1 amide bonds. The van der Waals surface area contributed by atoms with E-state index < -0.39 is 0 Å². The van der Waals surface area contributed by atoms with Crippen LogP contribution in [0, 0.1) is 5.41 Å². The van der Waals surface area contributed by atoms with Gasteiger partial charge < -0.3 is 10.6 Å². The maximum absolute atomic E-state index is 12.1. The molecule has 1 aromatic carbocycles. The summed E-state index contributed by atoms with van der Waals surface area (Å²) in [5.41, 5.74) is 7.00. The van der Waals surface area contributed by atoms with Crippen LogP contribution in [0.15, 0.2) is 28.7 Å². The van der Waals surface area contributed by atoms with E-state index in [0.29, 0.717) is 13.0 Å². The van der Waals surface area contributed by atoms with Crippen molar-refractivity contribution in [1.82, 2.24) is 4.90 Å². The molecule has 1 fully saturated rings. The Kier molecular flexibility index (Phi) is 4.07. The Morgan fingerprint density at radius 3 is 2.50 bits per heavy atom. The zero-order valence-corrected chi connectivity index (χ0v) is 12.2. The molecule has 3 nitrogen and oxygen atoms in total. The lowest BCUT2D eigenvalue weighted by Gasteiger charge is -2.23. The molecule has 98 valence electrons. The molecule has 0 radical (unpaired) electrons. The second kappa shape index (κ2) is 5.41. The topological polar surface area (TPSA) is 46.3 Å². The van der Waals surface area contributed by atoms with Crippen LogP contribution < -0.4 is 5.73 Å². The van der Waals surface area contributed by atoms with E-state index >= 15 is 0 Å². The summed E-state index contributed by atoms with van der Waals surface area (Å²) in [6, 6.07) is 7.88. The van der Waals surface area contributed by atoms with Gasteiger partial charge in [-0.05, 0) is 37.1 Å². The summed E-state index contributed by atoms with van der Waals surface area (Å²) in [6.45, 7) is 1.47. The number of carbonyl (C=O) groups excluding carboxylic acids is 1. The molecule has 0 unspecified atom stereocenters. The van der Waals surface area contributed by atoms with Gasteiger partial charge in [-0.25, -0.2) is 0 Å². The molecule has 1 aliphatic rings. The number of likely N-dealkylation sites (N-methyl/N-ethyl adjacent to an activating group) is 1. The zero-order valence-electron chi connectivity index (χ0n) is 10.7. The van der Waals surface area contributed by atoms with Crippen molar-refractivity contribution < 1.29 is 4.79 Å². The first-order chi connectivity index (χ1) is 8.54. The van der Waals surface area contributed by atoms with Crippen molar-refractivity contribution in [2.75, 3.05) is 20.1 Å². The van der Waals surface area contributed by atoms with Crippen molar-refractivity contribution in [2.45, 2.75) is 19.3 Å². The Bertz CT molecular complexity index is 426. The average molecular weight is 311 g/mol. The van der Waals surface area contributed by atoms with Crippen LogP contribution in [0.5, 0.6) is 0 Å². The molecule has 0 aromatic heterocycles. The summed E-state index contributed by atoms with van der Waals surface area (Å²) < 4.78 is 1.03. The zero-order chi connectivity index (χ0) is 13.2. The van der Waals surface area contributed by atoms with Gasteiger partial charge >= 0.3 is 0 Å². The summed E-state index contributed by atoms with van der Waals surface area (Å²) in [4.78, 5) is 13.9. The fraction of sp³-hybridized carbons (Fsp3) is 0.500. The number of amides is 1. The highest BCUT2D eigenvalue weighted by molar-refractivity contribution is 9.10. The molecule has 0 saturated heterocycles. The Balaban J connectivity index is 1.89. The van der Waals surface area contributed by atoms with Gasteiger partial charge in [0.05, 0.1) is 6.42 Å². The fourth-order valence-corrected chi connectivity index (χ4v) is 2.37. The largest absolute Gasteiger partial charge is 0.345 e. The maximum atomic E-state index is 12.1. The van der Waals surface area contributed by atoms with Crippen molar-refractivity contribution in [2.24, 2.45) is 11.1 Å². The first-order valence-corrected chi connectivity index (χ1v) is 7.02. The Morgan fingerprint density at radius 2 is 2.00 bits per heavy atom. The van der Waals surface area contributed by atoms with Gasteiger partial charge in [-0.15, -0.1) is 0 Å². The van der Waals surface area contributed by atoms with E-state index in [4.69, 9.17) is 5.73 Å². The number of benzene rings is 1. The molecule has 0 aliphatic heterocycles. The quantitative estimate of drug-likeness (QED) is 0.906. The lowest BCUT2D eigenvalue weighted by atomic mass is 10.1. The SMILES string of the molecule is CN(CC1(CN)CC1)C(=O)Cc1ccc(Br)cc1. The molecule has 0 bridgehead atoms. The van der Waals surface area contributed by atoms with E-state index in [1.54, 1.807) is 0 Å². The molecular weight excluding hydrogens is 292 g/mol. The number of rotatable bonds is 5. The van der Waals surface area contributed by atoms with E-state index in [1.807, 2.05) is 36.2 Å². The summed E-state index contributed by atoms with van der Waals surface area (Å²) >= 11 is 3.39. The molecule has 0 atom stereocenters. The number of nitrogens with two attached hydrogens (primary N) is 1. The van der Waals surface area contributed by atoms with Gasteiger partial charge in [0.15, 0.2) is 0 Å².